The third-order valence-electron chi connectivity index (χ3n) is 4.43. The first kappa shape index (κ1) is 18.1. The van der Waals surface area contributed by atoms with Crippen LogP contribution < -0.4 is 0 Å². The number of hydrogen-bond acceptors (Lipinski definition) is 4. The maximum Gasteiger partial charge on any atom is 0.337 e. The second-order valence-corrected chi connectivity index (χ2v) is 7.16. The Morgan fingerprint density at radius 1 is 1.00 bits per heavy atom. The van der Waals surface area contributed by atoms with Gasteiger partial charge >= 0.3 is 5.97 Å². The maximum absolute atomic E-state index is 13.0. The Balaban J connectivity index is 2.02. The van der Waals surface area contributed by atoms with Crippen molar-refractivity contribution >= 4 is 23.1 Å². The number of rotatable bonds is 5. The predicted molar refractivity (Wildman–Crippen MR) is 105 cm³/mol. The van der Waals surface area contributed by atoms with Crippen molar-refractivity contribution < 1.29 is 14.3 Å². The number of benzene rings is 2. The van der Waals surface area contributed by atoms with Gasteiger partial charge in [0.1, 0.15) is 0 Å². The predicted octanol–water partition coefficient (Wildman–Crippen LogP) is 5.24. The number of hydrogen-bond donors (Lipinski definition) is 0. The molecule has 26 heavy (non-hydrogen) atoms. The van der Waals surface area contributed by atoms with E-state index in [-0.39, 0.29) is 11.8 Å². The molecule has 0 fully saturated rings. The minimum atomic E-state index is -0.379. The van der Waals surface area contributed by atoms with Crippen molar-refractivity contribution in [3.8, 4) is 10.4 Å². The van der Waals surface area contributed by atoms with Crippen LogP contribution in [-0.4, -0.2) is 18.9 Å². The fourth-order valence-electron chi connectivity index (χ4n) is 3.15. The third kappa shape index (κ3) is 3.60. The zero-order valence-corrected chi connectivity index (χ0v) is 15.9. The third-order valence-corrected chi connectivity index (χ3v) is 5.33. The number of carbonyl (C=O) groups excluding carboxylic acids is 2. The van der Waals surface area contributed by atoms with Gasteiger partial charge in [0.2, 0.25) is 0 Å². The first-order chi connectivity index (χ1) is 12.5. The molecule has 4 heteroatoms. The monoisotopic (exact) mass is 364 g/mol. The molecule has 2 aromatic carbocycles. The molecule has 0 atom stereocenters. The highest BCUT2D eigenvalue weighted by atomic mass is 32.1. The molecule has 132 valence electrons. The van der Waals surface area contributed by atoms with Crippen LogP contribution in [0, 0.1) is 13.8 Å². The van der Waals surface area contributed by atoms with Crippen molar-refractivity contribution in [1.29, 1.82) is 0 Å². The molecule has 0 radical (unpaired) electrons. The van der Waals surface area contributed by atoms with Crippen LogP contribution in [0.1, 0.15) is 37.4 Å². The van der Waals surface area contributed by atoms with Gasteiger partial charge in [-0.25, -0.2) is 4.79 Å². The van der Waals surface area contributed by atoms with E-state index >= 15 is 0 Å². The molecule has 3 rings (SSSR count). The molecule has 0 bridgehead atoms. The first-order valence-electron chi connectivity index (χ1n) is 8.35. The van der Waals surface area contributed by atoms with Gasteiger partial charge in [-0.05, 0) is 59.7 Å². The number of thiophene rings is 1. The summed E-state index contributed by atoms with van der Waals surface area (Å²) in [5.41, 5.74) is 5.05. The van der Waals surface area contributed by atoms with E-state index in [2.05, 4.69) is 0 Å². The maximum atomic E-state index is 13.0. The van der Waals surface area contributed by atoms with Gasteiger partial charge in [-0.1, -0.05) is 30.3 Å². The normalized spacial score (nSPS) is 10.6. The van der Waals surface area contributed by atoms with Crippen molar-refractivity contribution in [1.82, 2.24) is 0 Å². The number of methoxy groups -OCH3 is 1. The molecule has 1 heterocycles. The molecule has 3 aromatic rings. The Kier molecular flexibility index (Phi) is 5.33. The van der Waals surface area contributed by atoms with E-state index < -0.39 is 0 Å². The van der Waals surface area contributed by atoms with Gasteiger partial charge in [0.05, 0.1) is 12.7 Å². The molecule has 1 aromatic heterocycles. The number of Topliss-reactive ketones (excluding diaryl/α,β-unsaturated/α-hetero) is 1. The minimum Gasteiger partial charge on any atom is -0.465 e. The van der Waals surface area contributed by atoms with E-state index in [9.17, 15) is 9.59 Å². The zero-order chi connectivity index (χ0) is 18.7. The first-order valence-corrected chi connectivity index (χ1v) is 9.23. The summed E-state index contributed by atoms with van der Waals surface area (Å²) < 4.78 is 4.83. The highest BCUT2D eigenvalue weighted by Crippen LogP contribution is 2.30. The zero-order valence-electron chi connectivity index (χ0n) is 15.0. The molecule has 0 spiro atoms. The number of ketones is 1. The highest BCUT2D eigenvalue weighted by Gasteiger charge is 2.17. The van der Waals surface area contributed by atoms with E-state index in [4.69, 9.17) is 4.74 Å². The average Bonchev–Trinajstić information content (AvgIpc) is 3.15. The standard InChI is InChI=1S/C22H20O3S/c1-14-6-4-7-15(2)21(14)19(23)13-16-9-10-17(22(24)25-3)12-18(16)20-8-5-11-26-20/h4-12H,13H2,1-3H3. The molecule has 0 amide bonds. The molecular weight excluding hydrogens is 344 g/mol. The van der Waals surface area contributed by atoms with Crippen molar-refractivity contribution in [2.75, 3.05) is 7.11 Å². The van der Waals surface area contributed by atoms with Gasteiger partial charge in [-0.3, -0.25) is 4.79 Å². The highest BCUT2D eigenvalue weighted by molar-refractivity contribution is 7.13. The van der Waals surface area contributed by atoms with Crippen molar-refractivity contribution in [3.63, 3.8) is 0 Å². The molecule has 0 saturated heterocycles. The fraction of sp³-hybridized carbons (Fsp3) is 0.182. The van der Waals surface area contributed by atoms with Crippen LogP contribution in [0.3, 0.4) is 0 Å². The molecule has 3 nitrogen and oxygen atoms in total. The van der Waals surface area contributed by atoms with Crippen LogP contribution in [0.25, 0.3) is 10.4 Å². The molecule has 0 saturated carbocycles. The topological polar surface area (TPSA) is 43.4 Å². The number of aryl methyl sites for hydroxylation is 2. The molecule has 0 aliphatic carbocycles. The van der Waals surface area contributed by atoms with Gasteiger partial charge in [-0.15, -0.1) is 11.3 Å². The van der Waals surface area contributed by atoms with Crippen LogP contribution in [0.15, 0.2) is 53.9 Å². The Morgan fingerprint density at radius 2 is 1.73 bits per heavy atom. The summed E-state index contributed by atoms with van der Waals surface area (Å²) in [6.07, 6.45) is 0.292. The number of ether oxygens (including phenoxy) is 1. The molecule has 0 unspecified atom stereocenters. The van der Waals surface area contributed by atoms with E-state index in [0.717, 1.165) is 32.7 Å². The second kappa shape index (κ2) is 7.67. The van der Waals surface area contributed by atoms with Crippen LogP contribution in [0.5, 0.6) is 0 Å². The molecule has 0 aliphatic heterocycles. The van der Waals surface area contributed by atoms with E-state index in [1.165, 1.54) is 7.11 Å². The molecular formula is C22H20O3S. The summed E-state index contributed by atoms with van der Waals surface area (Å²) in [5.74, 6) is -0.292. The van der Waals surface area contributed by atoms with Crippen molar-refractivity contribution in [2.45, 2.75) is 20.3 Å². The van der Waals surface area contributed by atoms with Gasteiger partial charge in [-0.2, -0.15) is 0 Å². The SMILES string of the molecule is COC(=O)c1ccc(CC(=O)c2c(C)cccc2C)c(-c2cccs2)c1. The lowest BCUT2D eigenvalue weighted by atomic mass is 9.92. The Morgan fingerprint density at radius 3 is 2.35 bits per heavy atom. The van der Waals surface area contributed by atoms with Gasteiger partial charge in [0.25, 0.3) is 0 Å². The summed E-state index contributed by atoms with van der Waals surface area (Å²) in [7, 11) is 1.37. The quantitative estimate of drug-likeness (QED) is 0.459. The van der Waals surface area contributed by atoms with Gasteiger partial charge in [0, 0.05) is 16.9 Å². The summed E-state index contributed by atoms with van der Waals surface area (Å²) in [6, 6.07) is 15.2. The average molecular weight is 364 g/mol. The lowest BCUT2D eigenvalue weighted by Crippen LogP contribution is -2.09. The molecule has 0 aliphatic rings. The summed E-state index contributed by atoms with van der Waals surface area (Å²) in [4.78, 5) is 25.9. The van der Waals surface area contributed by atoms with E-state index in [0.29, 0.717) is 12.0 Å². The van der Waals surface area contributed by atoms with Crippen LogP contribution in [-0.2, 0) is 11.2 Å². The minimum absolute atomic E-state index is 0.0872. The lowest BCUT2D eigenvalue weighted by Gasteiger charge is -2.12. The summed E-state index contributed by atoms with van der Waals surface area (Å²) >= 11 is 1.58. The smallest absolute Gasteiger partial charge is 0.337 e. The number of esters is 1. The van der Waals surface area contributed by atoms with E-state index in [1.807, 2.05) is 61.7 Å². The Hall–Kier alpha value is -2.72. The number of carbonyl (C=O) groups is 2. The largest absolute Gasteiger partial charge is 0.465 e. The van der Waals surface area contributed by atoms with Gasteiger partial charge < -0.3 is 4.74 Å². The van der Waals surface area contributed by atoms with Crippen molar-refractivity contribution in [3.05, 3.63) is 81.7 Å². The molecule has 0 N–H and O–H groups in total. The fourth-order valence-corrected chi connectivity index (χ4v) is 3.93. The summed E-state index contributed by atoms with van der Waals surface area (Å²) in [5, 5.41) is 1.98. The lowest BCUT2D eigenvalue weighted by molar-refractivity contribution is 0.0600. The van der Waals surface area contributed by atoms with Crippen LogP contribution in [0.4, 0.5) is 0 Å². The van der Waals surface area contributed by atoms with Crippen molar-refractivity contribution in [2.24, 2.45) is 0 Å². The van der Waals surface area contributed by atoms with Crippen LogP contribution in [0.2, 0.25) is 0 Å². The van der Waals surface area contributed by atoms with Crippen LogP contribution >= 0.6 is 11.3 Å². The Bertz CT molecular complexity index is 935. The van der Waals surface area contributed by atoms with Gasteiger partial charge in [0.15, 0.2) is 5.78 Å². The second-order valence-electron chi connectivity index (χ2n) is 6.21. The van der Waals surface area contributed by atoms with E-state index in [1.54, 1.807) is 17.4 Å². The summed E-state index contributed by atoms with van der Waals surface area (Å²) in [6.45, 7) is 3.92. The Labute approximate surface area is 157 Å².